The topological polar surface area (TPSA) is 118 Å². The van der Waals surface area contributed by atoms with Gasteiger partial charge >= 0.3 is 0 Å². The van der Waals surface area contributed by atoms with Gasteiger partial charge < -0.3 is 10.6 Å². The van der Waals surface area contributed by atoms with Gasteiger partial charge in [0, 0.05) is 30.6 Å². The molecule has 1 aliphatic heterocycles. The van der Waals surface area contributed by atoms with Crippen LogP contribution in [0, 0.1) is 16.0 Å². The zero-order valence-corrected chi connectivity index (χ0v) is 11.3. The number of rotatable bonds is 3. The van der Waals surface area contributed by atoms with Gasteiger partial charge in [0.1, 0.15) is 0 Å². The first-order chi connectivity index (χ1) is 10.1. The molecule has 0 saturated carbocycles. The molecule has 0 spiro atoms. The van der Waals surface area contributed by atoms with Gasteiger partial charge in [-0.05, 0) is 24.9 Å². The highest BCUT2D eigenvalue weighted by atomic mass is 16.6. The summed E-state index contributed by atoms with van der Waals surface area (Å²) in [6, 6.07) is 4.32. The van der Waals surface area contributed by atoms with E-state index in [4.69, 9.17) is 5.73 Å². The summed E-state index contributed by atoms with van der Waals surface area (Å²) in [6.45, 7) is 1.80. The van der Waals surface area contributed by atoms with E-state index in [1.165, 1.54) is 12.1 Å². The standard InChI is InChI=1S/C13H15N5O3/c14-6-8-3-4-17(7-8)13(19)12-10-5-9(18(20)21)1-2-11(10)15-16-12/h1-2,5,8H,3-4,6-7,14H2,(H,15,16). The van der Waals surface area contributed by atoms with Gasteiger partial charge in [0.2, 0.25) is 0 Å². The highest BCUT2D eigenvalue weighted by Gasteiger charge is 2.28. The van der Waals surface area contributed by atoms with Crippen molar-refractivity contribution in [3.8, 4) is 0 Å². The third kappa shape index (κ3) is 2.33. The Labute approximate surface area is 120 Å². The number of carbonyl (C=O) groups excluding carboxylic acids is 1. The van der Waals surface area contributed by atoms with Crippen LogP contribution in [0.1, 0.15) is 16.9 Å². The minimum absolute atomic E-state index is 0.0563. The van der Waals surface area contributed by atoms with Crippen molar-refractivity contribution >= 4 is 22.5 Å². The molecule has 1 atom stereocenters. The largest absolute Gasteiger partial charge is 0.337 e. The lowest BCUT2D eigenvalue weighted by Crippen LogP contribution is -2.30. The number of non-ortho nitro benzene ring substituents is 1. The lowest BCUT2D eigenvalue weighted by Gasteiger charge is -2.14. The van der Waals surface area contributed by atoms with Gasteiger partial charge in [-0.15, -0.1) is 0 Å². The first kappa shape index (κ1) is 13.5. The summed E-state index contributed by atoms with van der Waals surface area (Å²) in [5, 5.41) is 18.1. The van der Waals surface area contributed by atoms with Crippen molar-refractivity contribution in [3.05, 3.63) is 34.0 Å². The summed E-state index contributed by atoms with van der Waals surface area (Å²) in [4.78, 5) is 24.6. The number of H-pyrrole nitrogens is 1. The molecule has 1 fully saturated rings. The number of likely N-dealkylation sites (tertiary alicyclic amines) is 1. The molecule has 0 radical (unpaired) electrons. The lowest BCUT2D eigenvalue weighted by atomic mass is 10.1. The Hall–Kier alpha value is -2.48. The molecule has 2 heterocycles. The molecule has 1 unspecified atom stereocenters. The number of aromatic amines is 1. The second-order valence-electron chi connectivity index (χ2n) is 5.20. The minimum atomic E-state index is -0.485. The number of carbonyl (C=O) groups is 1. The Bertz CT molecular complexity index is 711. The summed E-state index contributed by atoms with van der Waals surface area (Å²) in [5.74, 6) is 0.103. The number of benzene rings is 1. The predicted molar refractivity (Wildman–Crippen MR) is 75.8 cm³/mol. The van der Waals surface area contributed by atoms with E-state index in [0.29, 0.717) is 36.5 Å². The van der Waals surface area contributed by atoms with Crippen molar-refractivity contribution in [2.24, 2.45) is 11.7 Å². The quantitative estimate of drug-likeness (QED) is 0.642. The van der Waals surface area contributed by atoms with Crippen molar-refractivity contribution in [2.75, 3.05) is 19.6 Å². The number of hydrogen-bond acceptors (Lipinski definition) is 5. The summed E-state index contributed by atoms with van der Waals surface area (Å²) < 4.78 is 0. The average Bonchev–Trinajstić information content (AvgIpc) is 3.12. The minimum Gasteiger partial charge on any atom is -0.337 e. The molecule has 8 nitrogen and oxygen atoms in total. The Morgan fingerprint density at radius 3 is 3.05 bits per heavy atom. The summed E-state index contributed by atoms with van der Waals surface area (Å²) in [6.07, 6.45) is 0.880. The van der Waals surface area contributed by atoms with Crippen LogP contribution in [0.3, 0.4) is 0 Å². The van der Waals surface area contributed by atoms with Gasteiger partial charge in [-0.1, -0.05) is 0 Å². The highest BCUT2D eigenvalue weighted by Crippen LogP contribution is 2.24. The monoisotopic (exact) mass is 289 g/mol. The molecule has 2 aromatic rings. The van der Waals surface area contributed by atoms with Crippen LogP contribution in [-0.4, -0.2) is 45.6 Å². The fraction of sp³-hybridized carbons (Fsp3) is 0.385. The van der Waals surface area contributed by atoms with E-state index in [1.54, 1.807) is 11.0 Å². The molecule has 21 heavy (non-hydrogen) atoms. The van der Waals surface area contributed by atoms with Gasteiger partial charge in [0.25, 0.3) is 11.6 Å². The van der Waals surface area contributed by atoms with Crippen LogP contribution in [0.2, 0.25) is 0 Å². The molecule has 110 valence electrons. The summed E-state index contributed by atoms with van der Waals surface area (Å²) >= 11 is 0. The summed E-state index contributed by atoms with van der Waals surface area (Å²) in [5.41, 5.74) is 6.41. The molecule has 1 aromatic heterocycles. The molecule has 0 aliphatic carbocycles. The smallest absolute Gasteiger partial charge is 0.275 e. The van der Waals surface area contributed by atoms with E-state index in [-0.39, 0.29) is 17.3 Å². The second-order valence-corrected chi connectivity index (χ2v) is 5.20. The molecule has 1 saturated heterocycles. The third-order valence-electron chi connectivity index (χ3n) is 3.87. The second kappa shape index (κ2) is 5.13. The number of nitrogens with two attached hydrogens (primary N) is 1. The molecule has 0 bridgehead atoms. The Balaban J connectivity index is 1.94. The molecule has 1 aromatic carbocycles. The van der Waals surface area contributed by atoms with E-state index < -0.39 is 4.92 Å². The van der Waals surface area contributed by atoms with Crippen molar-refractivity contribution in [1.82, 2.24) is 15.1 Å². The van der Waals surface area contributed by atoms with Crippen LogP contribution in [0.4, 0.5) is 5.69 Å². The van der Waals surface area contributed by atoms with Gasteiger partial charge in [0.05, 0.1) is 10.4 Å². The number of nitro benzene ring substituents is 1. The van der Waals surface area contributed by atoms with E-state index in [9.17, 15) is 14.9 Å². The number of hydrogen-bond donors (Lipinski definition) is 2. The van der Waals surface area contributed by atoms with Gasteiger partial charge in [-0.25, -0.2) is 0 Å². The maximum Gasteiger partial charge on any atom is 0.275 e. The van der Waals surface area contributed by atoms with Crippen LogP contribution in [0.5, 0.6) is 0 Å². The summed E-state index contributed by atoms with van der Waals surface area (Å²) in [7, 11) is 0. The third-order valence-corrected chi connectivity index (χ3v) is 3.87. The predicted octanol–water partition coefficient (Wildman–Crippen LogP) is 0.892. The number of nitrogens with zero attached hydrogens (tertiary/aromatic N) is 3. The lowest BCUT2D eigenvalue weighted by molar-refractivity contribution is -0.384. The van der Waals surface area contributed by atoms with E-state index in [0.717, 1.165) is 6.42 Å². The van der Waals surface area contributed by atoms with Crippen molar-refractivity contribution in [1.29, 1.82) is 0 Å². The van der Waals surface area contributed by atoms with Gasteiger partial charge in [-0.2, -0.15) is 5.10 Å². The molecular formula is C13H15N5O3. The maximum atomic E-state index is 12.5. The van der Waals surface area contributed by atoms with Crippen molar-refractivity contribution in [3.63, 3.8) is 0 Å². The van der Waals surface area contributed by atoms with E-state index in [2.05, 4.69) is 10.2 Å². The van der Waals surface area contributed by atoms with E-state index in [1.807, 2.05) is 0 Å². The Morgan fingerprint density at radius 1 is 1.57 bits per heavy atom. The molecular weight excluding hydrogens is 274 g/mol. The normalized spacial score (nSPS) is 18.3. The number of nitrogens with one attached hydrogen (secondary N) is 1. The molecule has 1 amide bonds. The maximum absolute atomic E-state index is 12.5. The molecule has 3 N–H and O–H groups in total. The molecule has 8 heteroatoms. The number of aromatic nitrogens is 2. The molecule has 1 aliphatic rings. The number of nitro groups is 1. The number of fused-ring (bicyclic) bond motifs is 1. The fourth-order valence-corrected chi connectivity index (χ4v) is 2.64. The van der Waals surface area contributed by atoms with E-state index >= 15 is 0 Å². The first-order valence-corrected chi connectivity index (χ1v) is 6.72. The van der Waals surface area contributed by atoms with Crippen LogP contribution >= 0.6 is 0 Å². The van der Waals surface area contributed by atoms with Crippen LogP contribution < -0.4 is 5.73 Å². The Kier molecular flexibility index (Phi) is 3.30. The highest BCUT2D eigenvalue weighted by molar-refractivity contribution is 6.05. The van der Waals surface area contributed by atoms with Crippen molar-refractivity contribution in [2.45, 2.75) is 6.42 Å². The molecule has 3 rings (SSSR count). The van der Waals surface area contributed by atoms with Crippen LogP contribution in [0.15, 0.2) is 18.2 Å². The SMILES string of the molecule is NCC1CCN(C(=O)c2n[nH]c3ccc([N+](=O)[O-])cc23)C1. The zero-order chi connectivity index (χ0) is 15.0. The average molecular weight is 289 g/mol. The fourth-order valence-electron chi connectivity index (χ4n) is 2.64. The van der Waals surface area contributed by atoms with Gasteiger partial charge in [-0.3, -0.25) is 20.0 Å². The first-order valence-electron chi connectivity index (χ1n) is 6.72. The number of amides is 1. The van der Waals surface area contributed by atoms with Crippen LogP contribution in [0.25, 0.3) is 10.9 Å². The van der Waals surface area contributed by atoms with Crippen molar-refractivity contribution < 1.29 is 9.72 Å². The van der Waals surface area contributed by atoms with Crippen LogP contribution in [-0.2, 0) is 0 Å². The zero-order valence-electron chi connectivity index (χ0n) is 11.3. The van der Waals surface area contributed by atoms with Gasteiger partial charge in [0.15, 0.2) is 5.69 Å². The Morgan fingerprint density at radius 2 is 2.38 bits per heavy atom.